The van der Waals surface area contributed by atoms with Crippen LogP contribution in [0.15, 0.2) is 0 Å². The van der Waals surface area contributed by atoms with E-state index in [4.69, 9.17) is 85.3 Å². The van der Waals surface area contributed by atoms with Crippen LogP contribution >= 0.6 is 0 Å². The summed E-state index contributed by atoms with van der Waals surface area (Å²) in [4.78, 5) is 0. The van der Waals surface area contributed by atoms with E-state index in [0.29, 0.717) is 39.6 Å². The molecule has 0 saturated carbocycles. The van der Waals surface area contributed by atoms with Gasteiger partial charge in [0.15, 0.2) is 0 Å². The van der Waals surface area contributed by atoms with Crippen molar-refractivity contribution in [1.82, 2.24) is 0 Å². The summed E-state index contributed by atoms with van der Waals surface area (Å²) in [5.74, 6) is 6.96. The average Bonchev–Trinajstić information content (AvgIpc) is 0.786. The monoisotopic (exact) mass is 1530 g/mol. The summed E-state index contributed by atoms with van der Waals surface area (Å²) in [7, 11) is 0. The van der Waals surface area contributed by atoms with Crippen LogP contribution < -0.4 is 37.9 Å². The Hall–Kier alpha value is -6.80. The van der Waals surface area contributed by atoms with Gasteiger partial charge in [0.05, 0.1) is 66.1 Å². The van der Waals surface area contributed by atoms with Gasteiger partial charge in [-0.25, -0.2) is 0 Å². The molecule has 6 aliphatic rings. The van der Waals surface area contributed by atoms with E-state index in [1.54, 1.807) is 0 Å². The molecule has 6 aromatic carbocycles. The molecule has 0 aromatic heterocycles. The molecule has 0 radical (unpaired) electrons. The van der Waals surface area contributed by atoms with Crippen molar-refractivity contribution in [2.24, 2.45) is 0 Å². The topological polar surface area (TPSA) is 247 Å². The molecule has 12 rings (SSSR count). The van der Waals surface area contributed by atoms with Crippen LogP contribution in [-0.4, -0.2) is 203 Å². The molecule has 6 fully saturated rings. The first kappa shape index (κ1) is 85.6. The van der Waals surface area contributed by atoms with E-state index in [2.05, 4.69) is 111 Å². The summed E-state index contributed by atoms with van der Waals surface area (Å²) in [6, 6.07) is 0. The first-order valence-electron chi connectivity index (χ1n) is 39.0. The third kappa shape index (κ3) is 21.1. The van der Waals surface area contributed by atoms with Crippen LogP contribution in [0.2, 0.25) is 0 Å². The fraction of sp³-hybridized carbons (Fsp3) is 0.596. The standard InChI is InChI=1S/C49H64O7.C29H40O7.C11H20O7/c1-23-31(9)46(32(10)24(2)42(23)44-27(5)35(13)48(36(14)28(44)6)55-21-40-19-51-40)53-17-39(50)18-54-47-33(11)25(3)43(26(4)34(47)12)45-29(7)37(15)49(38(16)30(45)8)56-22-41-20-52-41;1-15-19(5)28(35-13-24-11-31-24)20(6)16(2)26(15)33-9-23(30)10-34-27-17(3)21(7)29(22(8)18(27)4)36-14-25-12-32-25;12-9(1-13-7-15-3-10-5-17-10)2-14-8-16-4-11-6-18-11/h39-41,50H,17-22H2,1-16H3;23-25,30H,9-14H2,1-8H3;9-12H,1-8H2. The number of aliphatic hydroxyl groups excluding tert-OH is 3. The minimum atomic E-state index is -0.820. The quantitative estimate of drug-likeness (QED) is 0.0185. The molecule has 0 aliphatic carbocycles. The Labute approximate surface area is 652 Å². The molecule has 0 bridgehead atoms. The van der Waals surface area contributed by atoms with Gasteiger partial charge in [-0.1, -0.05) is 0 Å². The van der Waals surface area contributed by atoms with Gasteiger partial charge in [-0.3, -0.25) is 0 Å². The SMILES string of the molecule is Cc1c(C)c(-c2c(C)c(C)c(OCC3CO3)c(C)c2C)c(C)c(C)c1OCC(O)COc1c(C)c(C)c(-c2c(C)c(C)c(OCC3CO3)c(C)c2C)c(C)c1C.Cc1c(C)c(OCC2CO2)c(C)c(C)c1OCC(O)COc1c(C)c(C)c(OCC2CO2)c(C)c1C.OC(COCOCC1CO1)COCOCC1CO1. The molecule has 0 amide bonds. The van der Waals surface area contributed by atoms with Gasteiger partial charge in [-0.2, -0.15) is 0 Å². The van der Waals surface area contributed by atoms with Crippen molar-refractivity contribution < 1.29 is 101 Å². The van der Waals surface area contributed by atoms with Crippen LogP contribution in [0.25, 0.3) is 22.3 Å². The molecular formula is C89H124O21. The molecule has 0 spiro atoms. The van der Waals surface area contributed by atoms with E-state index in [1.807, 2.05) is 55.4 Å². The highest BCUT2D eigenvalue weighted by molar-refractivity contribution is 5.84. The average molecular weight is 1530 g/mol. The van der Waals surface area contributed by atoms with Crippen LogP contribution in [0.5, 0.6) is 46.0 Å². The van der Waals surface area contributed by atoms with Gasteiger partial charge < -0.3 is 101 Å². The van der Waals surface area contributed by atoms with Crippen LogP contribution in [0.3, 0.4) is 0 Å². The lowest BCUT2D eigenvalue weighted by atomic mass is 9.82. The minimum absolute atomic E-state index is 0.124. The number of hydrogen-bond donors (Lipinski definition) is 3. The Balaban J connectivity index is 0.000000202. The maximum Gasteiger partial charge on any atom is 0.146 e. The molecule has 3 N–H and O–H groups in total. The lowest BCUT2D eigenvalue weighted by molar-refractivity contribution is -0.116. The Morgan fingerprint density at radius 1 is 0.209 bits per heavy atom. The molecule has 21 nitrogen and oxygen atoms in total. The summed E-state index contributed by atoms with van der Waals surface area (Å²) in [5.41, 5.74) is 31.9. The highest BCUT2D eigenvalue weighted by Crippen LogP contribution is 2.48. The highest BCUT2D eigenvalue weighted by Gasteiger charge is 2.33. The van der Waals surface area contributed by atoms with Crippen LogP contribution in [-0.2, 0) is 47.4 Å². The Morgan fingerprint density at radius 3 is 0.527 bits per heavy atom. The predicted octanol–water partition coefficient (Wildman–Crippen LogP) is 14.0. The fourth-order valence-electron chi connectivity index (χ4n) is 14.2. The van der Waals surface area contributed by atoms with Gasteiger partial charge in [0, 0.05) is 0 Å². The largest absolute Gasteiger partial charge is 0.490 e. The van der Waals surface area contributed by atoms with Crippen molar-refractivity contribution in [2.75, 3.05) is 133 Å². The second kappa shape index (κ2) is 37.9. The molecule has 6 aliphatic heterocycles. The third-order valence-corrected chi connectivity index (χ3v) is 23.0. The number of epoxide rings is 6. The van der Waals surface area contributed by atoms with Crippen molar-refractivity contribution in [3.05, 3.63) is 134 Å². The Morgan fingerprint density at radius 2 is 0.355 bits per heavy atom. The van der Waals surface area contributed by atoms with Crippen LogP contribution in [0.4, 0.5) is 0 Å². The lowest BCUT2D eigenvalue weighted by Crippen LogP contribution is -2.26. The third-order valence-electron chi connectivity index (χ3n) is 23.0. The Kier molecular flexibility index (Phi) is 29.5. The normalized spacial score (nSPS) is 19.2. The summed E-state index contributed by atoms with van der Waals surface area (Å²) >= 11 is 0. The maximum absolute atomic E-state index is 11.3. The first-order chi connectivity index (χ1) is 52.3. The van der Waals surface area contributed by atoms with Crippen molar-refractivity contribution in [3.63, 3.8) is 0 Å². The van der Waals surface area contributed by atoms with E-state index in [0.717, 1.165) is 152 Å². The van der Waals surface area contributed by atoms with Gasteiger partial charge in [0.1, 0.15) is 167 Å². The van der Waals surface area contributed by atoms with E-state index >= 15 is 0 Å². The van der Waals surface area contributed by atoms with Crippen molar-refractivity contribution >= 4 is 0 Å². The zero-order chi connectivity index (χ0) is 79.9. The molecule has 6 heterocycles. The van der Waals surface area contributed by atoms with Gasteiger partial charge >= 0.3 is 0 Å². The Bertz CT molecular complexity index is 3790. The first-order valence-corrected chi connectivity index (χ1v) is 39.0. The summed E-state index contributed by atoms with van der Waals surface area (Å²) < 4.78 is 102. The molecule has 6 atom stereocenters. The number of benzene rings is 6. The van der Waals surface area contributed by atoms with E-state index in [-0.39, 0.29) is 89.9 Å². The second-order valence-corrected chi connectivity index (χ2v) is 31.0. The highest BCUT2D eigenvalue weighted by atomic mass is 16.7. The zero-order valence-electron chi connectivity index (χ0n) is 70.0. The van der Waals surface area contributed by atoms with E-state index in [1.165, 1.54) is 89.0 Å². The molecule has 6 unspecified atom stereocenters. The van der Waals surface area contributed by atoms with Gasteiger partial charge in [0.25, 0.3) is 0 Å². The maximum atomic E-state index is 11.3. The van der Waals surface area contributed by atoms with Gasteiger partial charge in [-0.05, 0) is 322 Å². The summed E-state index contributed by atoms with van der Waals surface area (Å²) in [6.07, 6.45) is -0.987. The molecule has 21 heteroatoms. The zero-order valence-corrected chi connectivity index (χ0v) is 70.0. The number of rotatable bonds is 38. The summed E-state index contributed by atoms with van der Waals surface area (Å²) in [6.45, 7) is 60.1. The lowest BCUT2D eigenvalue weighted by Gasteiger charge is -2.27. The van der Waals surface area contributed by atoms with Crippen LogP contribution in [0, 0.1) is 166 Å². The molecule has 6 aromatic rings. The van der Waals surface area contributed by atoms with Gasteiger partial charge in [0.2, 0.25) is 0 Å². The molecule has 606 valence electrons. The van der Waals surface area contributed by atoms with E-state index < -0.39 is 18.3 Å². The van der Waals surface area contributed by atoms with Crippen molar-refractivity contribution in [1.29, 1.82) is 0 Å². The summed E-state index contributed by atoms with van der Waals surface area (Å²) in [5, 5.41) is 31.5. The number of ether oxygens (including phenoxy) is 18. The second-order valence-electron chi connectivity index (χ2n) is 31.0. The molecule has 6 saturated heterocycles. The smallest absolute Gasteiger partial charge is 0.146 e. The van der Waals surface area contributed by atoms with Crippen molar-refractivity contribution in [3.8, 4) is 68.2 Å². The fourth-order valence-corrected chi connectivity index (χ4v) is 14.2. The number of aliphatic hydroxyl groups is 3. The van der Waals surface area contributed by atoms with E-state index in [9.17, 15) is 15.3 Å². The molecule has 110 heavy (non-hydrogen) atoms. The molecular weight excluding hydrogens is 1400 g/mol. The number of hydrogen-bond acceptors (Lipinski definition) is 21. The van der Waals surface area contributed by atoms with Crippen LogP contribution in [0.1, 0.15) is 134 Å². The van der Waals surface area contributed by atoms with Gasteiger partial charge in [-0.15, -0.1) is 0 Å². The van der Waals surface area contributed by atoms with Crippen molar-refractivity contribution in [2.45, 2.75) is 221 Å². The predicted molar refractivity (Wildman–Crippen MR) is 424 cm³/mol. The minimum Gasteiger partial charge on any atom is -0.490 e.